The highest BCUT2D eigenvalue weighted by molar-refractivity contribution is 7.13. The molecule has 0 fully saturated rings. The molecule has 0 bridgehead atoms. The van der Waals surface area contributed by atoms with Crippen LogP contribution >= 0.6 is 11.3 Å². The number of hydrogen-bond donors (Lipinski definition) is 2. The number of amides is 1. The van der Waals surface area contributed by atoms with E-state index in [-0.39, 0.29) is 17.4 Å². The predicted octanol–water partition coefficient (Wildman–Crippen LogP) is 4.27. The first kappa shape index (κ1) is 15.1. The first-order valence-corrected chi connectivity index (χ1v) is 8.86. The number of hydrogen-bond acceptors (Lipinski definition) is 3. The Balaban J connectivity index is 1.77. The van der Waals surface area contributed by atoms with Gasteiger partial charge in [-0.05, 0) is 28.0 Å². The molecular formula is C19H19N3OS. The van der Waals surface area contributed by atoms with E-state index in [1.165, 1.54) is 5.56 Å². The molecule has 5 heteroatoms. The highest BCUT2D eigenvalue weighted by Gasteiger charge is 2.36. The lowest BCUT2D eigenvalue weighted by Gasteiger charge is -2.20. The van der Waals surface area contributed by atoms with Crippen LogP contribution in [0.1, 0.15) is 54.0 Å². The smallest absolute Gasteiger partial charge is 0.272 e. The summed E-state index contributed by atoms with van der Waals surface area (Å²) in [5, 5.41) is 12.4. The molecule has 122 valence electrons. The molecule has 4 rings (SSSR count). The van der Waals surface area contributed by atoms with E-state index in [0.29, 0.717) is 5.69 Å². The fourth-order valence-electron chi connectivity index (χ4n) is 3.11. The highest BCUT2D eigenvalue weighted by Crippen LogP contribution is 2.38. The van der Waals surface area contributed by atoms with Gasteiger partial charge in [-0.2, -0.15) is 5.10 Å². The van der Waals surface area contributed by atoms with Crippen molar-refractivity contribution < 1.29 is 4.79 Å². The summed E-state index contributed by atoms with van der Waals surface area (Å²) < 4.78 is 0. The standard InChI is InChI=1S/C19H19N3OS/c1-19(2,3)12-8-6-11(7-9-12)15-14-16(13-5-4-10-24-13)21-22-17(14)18(23)20-15/h4-10,15H,1-3H3,(H,20,23)(H,21,22)/t15-/m0/s1. The SMILES string of the molecule is CC(C)(C)c1ccc([C@@H]2NC(=O)c3n[nH]c(-c4cccs4)c32)cc1. The molecule has 0 spiro atoms. The summed E-state index contributed by atoms with van der Waals surface area (Å²) in [6.07, 6.45) is 0. The van der Waals surface area contributed by atoms with Crippen LogP contribution in [0.3, 0.4) is 0 Å². The maximum atomic E-state index is 12.3. The summed E-state index contributed by atoms with van der Waals surface area (Å²) in [6, 6.07) is 12.4. The van der Waals surface area contributed by atoms with Gasteiger partial charge in [0.25, 0.3) is 5.91 Å². The monoisotopic (exact) mass is 337 g/mol. The van der Waals surface area contributed by atoms with E-state index in [0.717, 1.165) is 21.7 Å². The number of nitrogens with one attached hydrogen (secondary N) is 2. The lowest BCUT2D eigenvalue weighted by Crippen LogP contribution is -2.21. The highest BCUT2D eigenvalue weighted by atomic mass is 32.1. The zero-order chi connectivity index (χ0) is 16.9. The zero-order valence-corrected chi connectivity index (χ0v) is 14.7. The van der Waals surface area contributed by atoms with Gasteiger partial charge in [0, 0.05) is 5.56 Å². The molecule has 0 saturated heterocycles. The molecule has 4 nitrogen and oxygen atoms in total. The average Bonchev–Trinajstić information content (AvgIpc) is 3.24. The first-order valence-electron chi connectivity index (χ1n) is 7.98. The van der Waals surface area contributed by atoms with Gasteiger partial charge in [-0.25, -0.2) is 0 Å². The lowest BCUT2D eigenvalue weighted by molar-refractivity contribution is 0.0955. The Bertz CT molecular complexity index is 886. The third-order valence-electron chi connectivity index (χ3n) is 4.46. The number of carbonyl (C=O) groups excluding carboxylic acids is 1. The number of thiophene rings is 1. The number of fused-ring (bicyclic) bond motifs is 1. The van der Waals surface area contributed by atoms with Gasteiger partial charge in [0.1, 0.15) is 0 Å². The number of aromatic nitrogens is 2. The van der Waals surface area contributed by atoms with Gasteiger partial charge in [-0.1, -0.05) is 51.1 Å². The molecule has 24 heavy (non-hydrogen) atoms. The van der Waals surface area contributed by atoms with Gasteiger partial charge in [0.15, 0.2) is 5.69 Å². The molecule has 0 radical (unpaired) electrons. The minimum absolute atomic E-state index is 0.111. The minimum Gasteiger partial charge on any atom is -0.340 e. The number of aromatic amines is 1. The molecule has 0 unspecified atom stereocenters. The zero-order valence-electron chi connectivity index (χ0n) is 13.9. The molecule has 2 aromatic heterocycles. The van der Waals surface area contributed by atoms with Crippen molar-refractivity contribution in [3.63, 3.8) is 0 Å². The van der Waals surface area contributed by atoms with E-state index in [4.69, 9.17) is 0 Å². The summed E-state index contributed by atoms with van der Waals surface area (Å²) in [4.78, 5) is 13.4. The summed E-state index contributed by atoms with van der Waals surface area (Å²) in [6.45, 7) is 6.59. The minimum atomic E-state index is -0.155. The molecule has 1 amide bonds. The summed E-state index contributed by atoms with van der Waals surface area (Å²) in [5.74, 6) is -0.117. The molecule has 1 aromatic carbocycles. The fraction of sp³-hybridized carbons (Fsp3) is 0.263. The van der Waals surface area contributed by atoms with Gasteiger partial charge in [0.2, 0.25) is 0 Å². The summed E-state index contributed by atoms with van der Waals surface area (Å²) in [7, 11) is 0. The maximum absolute atomic E-state index is 12.3. The van der Waals surface area contributed by atoms with Gasteiger partial charge >= 0.3 is 0 Å². The van der Waals surface area contributed by atoms with Gasteiger partial charge in [0.05, 0.1) is 16.6 Å². The first-order chi connectivity index (χ1) is 11.4. The van der Waals surface area contributed by atoms with E-state index in [9.17, 15) is 4.79 Å². The number of carbonyl (C=O) groups is 1. The Labute approximate surface area is 144 Å². The second-order valence-corrected chi connectivity index (χ2v) is 8.06. The normalized spacial score (nSPS) is 17.0. The number of rotatable bonds is 2. The Morgan fingerprint density at radius 1 is 1.12 bits per heavy atom. The van der Waals surface area contributed by atoms with Crippen molar-refractivity contribution in [2.24, 2.45) is 0 Å². The van der Waals surface area contributed by atoms with E-state index >= 15 is 0 Å². The van der Waals surface area contributed by atoms with Crippen molar-refractivity contribution in [2.75, 3.05) is 0 Å². The summed E-state index contributed by atoms with van der Waals surface area (Å²) in [5.41, 5.74) is 4.86. The van der Waals surface area contributed by atoms with Crippen molar-refractivity contribution in [3.8, 4) is 10.6 Å². The topological polar surface area (TPSA) is 57.8 Å². The van der Waals surface area contributed by atoms with Crippen LogP contribution in [0.15, 0.2) is 41.8 Å². The lowest BCUT2D eigenvalue weighted by atomic mass is 9.86. The average molecular weight is 337 g/mol. The number of H-pyrrole nitrogens is 1. The van der Waals surface area contributed by atoms with E-state index < -0.39 is 0 Å². The third-order valence-corrected chi connectivity index (χ3v) is 5.35. The molecule has 1 aliphatic rings. The molecule has 3 heterocycles. The number of nitrogens with zero attached hydrogens (tertiary/aromatic N) is 1. The van der Waals surface area contributed by atoms with Gasteiger partial charge in [-0.15, -0.1) is 11.3 Å². The largest absolute Gasteiger partial charge is 0.340 e. The van der Waals surface area contributed by atoms with Crippen LogP contribution in [0, 0.1) is 0 Å². The molecule has 2 N–H and O–H groups in total. The molecule has 1 atom stereocenters. The predicted molar refractivity (Wildman–Crippen MR) is 96.4 cm³/mol. The summed E-state index contributed by atoms with van der Waals surface area (Å²) >= 11 is 1.64. The van der Waals surface area contributed by atoms with Crippen LogP contribution in [-0.2, 0) is 5.41 Å². The maximum Gasteiger partial charge on any atom is 0.272 e. The van der Waals surface area contributed by atoms with Crippen LogP contribution in [0.25, 0.3) is 10.6 Å². The Morgan fingerprint density at radius 2 is 1.88 bits per heavy atom. The third kappa shape index (κ3) is 2.36. The van der Waals surface area contributed by atoms with Crippen LogP contribution in [0.5, 0.6) is 0 Å². The van der Waals surface area contributed by atoms with Crippen molar-refractivity contribution in [3.05, 3.63) is 64.2 Å². The Morgan fingerprint density at radius 3 is 2.50 bits per heavy atom. The van der Waals surface area contributed by atoms with Crippen molar-refractivity contribution in [1.82, 2.24) is 15.5 Å². The van der Waals surface area contributed by atoms with Crippen molar-refractivity contribution in [2.45, 2.75) is 32.2 Å². The second kappa shape index (κ2) is 5.31. The molecule has 0 saturated carbocycles. The number of benzene rings is 1. The molecule has 1 aliphatic heterocycles. The Kier molecular flexibility index (Phi) is 3.35. The van der Waals surface area contributed by atoms with Crippen LogP contribution in [0.4, 0.5) is 0 Å². The van der Waals surface area contributed by atoms with E-state index in [1.807, 2.05) is 17.5 Å². The van der Waals surface area contributed by atoms with Crippen LogP contribution < -0.4 is 5.32 Å². The van der Waals surface area contributed by atoms with Gasteiger partial charge < -0.3 is 5.32 Å². The molecule has 3 aromatic rings. The molecule has 0 aliphatic carbocycles. The fourth-order valence-corrected chi connectivity index (χ4v) is 3.84. The van der Waals surface area contributed by atoms with Crippen molar-refractivity contribution >= 4 is 17.2 Å². The van der Waals surface area contributed by atoms with Gasteiger partial charge in [-0.3, -0.25) is 9.89 Å². The van der Waals surface area contributed by atoms with E-state index in [2.05, 4.69) is 60.6 Å². The van der Waals surface area contributed by atoms with E-state index in [1.54, 1.807) is 11.3 Å². The quantitative estimate of drug-likeness (QED) is 0.734. The van der Waals surface area contributed by atoms with Crippen molar-refractivity contribution in [1.29, 1.82) is 0 Å². The van der Waals surface area contributed by atoms with Crippen LogP contribution in [-0.4, -0.2) is 16.1 Å². The van der Waals surface area contributed by atoms with Crippen LogP contribution in [0.2, 0.25) is 0 Å². The second-order valence-electron chi connectivity index (χ2n) is 7.12. The Hall–Kier alpha value is -2.40. The molecular weight excluding hydrogens is 318 g/mol.